The summed E-state index contributed by atoms with van der Waals surface area (Å²) in [6, 6.07) is 35.4. The van der Waals surface area contributed by atoms with Crippen molar-refractivity contribution in [3.63, 3.8) is 0 Å². The van der Waals surface area contributed by atoms with Gasteiger partial charge in [0.2, 0.25) is 0 Å². The fraction of sp³-hybridized carbons (Fsp3) is 0. The summed E-state index contributed by atoms with van der Waals surface area (Å²) in [5.41, 5.74) is 0. The van der Waals surface area contributed by atoms with Crippen LogP contribution < -0.4 is 0 Å². The Morgan fingerprint density at radius 1 is 0.269 bits per heavy atom. The maximum absolute atomic E-state index is 2.29. The molecule has 0 N–H and O–H groups in total. The van der Waals surface area contributed by atoms with Crippen LogP contribution in [0.2, 0.25) is 0 Å². The second-order valence-corrected chi connectivity index (χ2v) is 7.00. The molecule has 0 aliphatic heterocycles. The average molecular weight is 328 g/mol. The van der Waals surface area contributed by atoms with Crippen molar-refractivity contribution in [3.8, 4) is 0 Å². The van der Waals surface area contributed by atoms with E-state index in [1.54, 1.807) is 0 Å². The third-order valence-corrected chi connectivity index (χ3v) is 5.61. The molecule has 0 aliphatic rings. The normalized spacial score (nSPS) is 11.8. The molecule has 120 valence electrons. The van der Waals surface area contributed by atoms with Crippen LogP contribution in [0, 0.1) is 0 Å². The minimum Gasteiger partial charge on any atom is -0.0616 e. The van der Waals surface area contributed by atoms with Gasteiger partial charge in [-0.2, -0.15) is 0 Å². The molecule has 6 aromatic carbocycles. The summed E-state index contributed by atoms with van der Waals surface area (Å²) >= 11 is 0. The lowest BCUT2D eigenvalue weighted by atomic mass is 9.91. The molecule has 0 heterocycles. The largest absolute Gasteiger partial charge is 0.0616 e. The van der Waals surface area contributed by atoms with Crippen LogP contribution in [0.15, 0.2) is 97.1 Å². The highest BCUT2D eigenvalue weighted by atomic mass is 14.1. The van der Waals surface area contributed by atoms with Crippen molar-refractivity contribution >= 4 is 53.9 Å². The highest BCUT2D eigenvalue weighted by molar-refractivity contribution is 6.29. The summed E-state index contributed by atoms with van der Waals surface area (Å²) in [5.74, 6) is 0. The Hall–Kier alpha value is -3.38. The third-order valence-electron chi connectivity index (χ3n) is 5.61. The Balaban J connectivity index is 1.96. The summed E-state index contributed by atoms with van der Waals surface area (Å²) in [5, 5.41) is 13.2. The Labute approximate surface area is 151 Å². The molecule has 0 heteroatoms. The molecule has 0 aliphatic carbocycles. The Bertz CT molecular complexity index is 1470. The molecule has 0 bridgehead atoms. The molecule has 6 rings (SSSR count). The molecule has 0 saturated carbocycles. The molecule has 0 saturated heterocycles. The van der Waals surface area contributed by atoms with E-state index in [1.807, 2.05) is 0 Å². The summed E-state index contributed by atoms with van der Waals surface area (Å²) in [7, 11) is 0. The van der Waals surface area contributed by atoms with Crippen LogP contribution in [-0.4, -0.2) is 0 Å². The van der Waals surface area contributed by atoms with Crippen LogP contribution in [-0.2, 0) is 0 Å². The molecule has 0 nitrogen and oxygen atoms in total. The van der Waals surface area contributed by atoms with Gasteiger partial charge in [-0.1, -0.05) is 97.1 Å². The highest BCUT2D eigenvalue weighted by Crippen LogP contribution is 2.38. The zero-order valence-corrected chi connectivity index (χ0v) is 14.2. The minimum absolute atomic E-state index is 1.30. The smallest absolute Gasteiger partial charge is 0.00203 e. The average Bonchev–Trinajstić information content (AvgIpc) is 2.72. The molecular formula is C26H16. The fourth-order valence-electron chi connectivity index (χ4n) is 4.41. The molecule has 6 aromatic rings. The molecule has 0 amide bonds. The van der Waals surface area contributed by atoms with Gasteiger partial charge in [0, 0.05) is 0 Å². The van der Waals surface area contributed by atoms with Crippen molar-refractivity contribution in [2.45, 2.75) is 0 Å². The number of rotatable bonds is 0. The van der Waals surface area contributed by atoms with E-state index >= 15 is 0 Å². The van der Waals surface area contributed by atoms with E-state index in [0.717, 1.165) is 0 Å². The van der Waals surface area contributed by atoms with Crippen molar-refractivity contribution in [3.05, 3.63) is 97.1 Å². The molecule has 0 fully saturated rings. The minimum atomic E-state index is 1.30. The molecular weight excluding hydrogens is 312 g/mol. The van der Waals surface area contributed by atoms with Gasteiger partial charge in [-0.05, 0) is 53.9 Å². The zero-order chi connectivity index (χ0) is 17.1. The number of benzene rings is 6. The van der Waals surface area contributed by atoms with Crippen molar-refractivity contribution in [2.75, 3.05) is 0 Å². The second-order valence-electron chi connectivity index (χ2n) is 7.00. The summed E-state index contributed by atoms with van der Waals surface area (Å²) in [6.07, 6.45) is 0. The lowest BCUT2D eigenvalue weighted by molar-refractivity contribution is 1.78. The first-order valence-electron chi connectivity index (χ1n) is 9.05. The zero-order valence-electron chi connectivity index (χ0n) is 14.2. The lowest BCUT2D eigenvalue weighted by Crippen LogP contribution is -1.84. The summed E-state index contributed by atoms with van der Waals surface area (Å²) in [4.78, 5) is 0. The van der Waals surface area contributed by atoms with Crippen LogP contribution in [0.25, 0.3) is 53.9 Å². The molecule has 0 radical (unpaired) electrons. The Kier molecular flexibility index (Phi) is 2.70. The molecule has 0 spiro atoms. The molecule has 0 unspecified atom stereocenters. The standard InChI is InChI=1S/C26H16/c1-3-7-21-17(5-1)13-16-24-23(21)15-14-20-12-11-19-10-9-18-6-2-4-8-22(18)25(19)26(20)24/h1-16H. The fourth-order valence-corrected chi connectivity index (χ4v) is 4.41. The summed E-state index contributed by atoms with van der Waals surface area (Å²) < 4.78 is 0. The highest BCUT2D eigenvalue weighted by Gasteiger charge is 2.10. The first kappa shape index (κ1) is 13.9. The van der Waals surface area contributed by atoms with E-state index in [0.29, 0.717) is 0 Å². The van der Waals surface area contributed by atoms with Crippen molar-refractivity contribution in [1.29, 1.82) is 0 Å². The third kappa shape index (κ3) is 1.79. The van der Waals surface area contributed by atoms with E-state index in [9.17, 15) is 0 Å². The molecule has 0 atom stereocenters. The van der Waals surface area contributed by atoms with Gasteiger partial charge in [0.1, 0.15) is 0 Å². The van der Waals surface area contributed by atoms with Crippen LogP contribution >= 0.6 is 0 Å². The Morgan fingerprint density at radius 2 is 0.731 bits per heavy atom. The first-order valence-corrected chi connectivity index (χ1v) is 9.05. The van der Waals surface area contributed by atoms with Crippen LogP contribution in [0.5, 0.6) is 0 Å². The molecule has 26 heavy (non-hydrogen) atoms. The maximum atomic E-state index is 2.29. The van der Waals surface area contributed by atoms with Crippen molar-refractivity contribution in [2.24, 2.45) is 0 Å². The van der Waals surface area contributed by atoms with E-state index in [-0.39, 0.29) is 0 Å². The number of hydrogen-bond acceptors (Lipinski definition) is 0. The number of hydrogen-bond donors (Lipinski definition) is 0. The van der Waals surface area contributed by atoms with Crippen LogP contribution in [0.1, 0.15) is 0 Å². The van der Waals surface area contributed by atoms with Crippen molar-refractivity contribution in [1.82, 2.24) is 0 Å². The second kappa shape index (κ2) is 5.06. The molecule has 0 aromatic heterocycles. The van der Waals surface area contributed by atoms with Gasteiger partial charge in [0.15, 0.2) is 0 Å². The van der Waals surface area contributed by atoms with Gasteiger partial charge in [0.05, 0.1) is 0 Å². The topological polar surface area (TPSA) is 0 Å². The van der Waals surface area contributed by atoms with Gasteiger partial charge < -0.3 is 0 Å². The monoisotopic (exact) mass is 328 g/mol. The predicted octanol–water partition coefficient (Wildman–Crippen LogP) is 7.45. The van der Waals surface area contributed by atoms with Gasteiger partial charge in [-0.15, -0.1) is 0 Å². The SMILES string of the molecule is c1ccc2c(c1)ccc1c2ccc2ccc3ccc4ccccc4c3c21. The predicted molar refractivity (Wildman–Crippen MR) is 114 cm³/mol. The summed E-state index contributed by atoms with van der Waals surface area (Å²) in [6.45, 7) is 0. The first-order chi connectivity index (χ1) is 12.9. The van der Waals surface area contributed by atoms with Gasteiger partial charge in [-0.3, -0.25) is 0 Å². The Morgan fingerprint density at radius 3 is 1.50 bits per heavy atom. The van der Waals surface area contributed by atoms with Crippen LogP contribution in [0.3, 0.4) is 0 Å². The van der Waals surface area contributed by atoms with Gasteiger partial charge in [0.25, 0.3) is 0 Å². The maximum Gasteiger partial charge on any atom is -0.00203 e. The van der Waals surface area contributed by atoms with E-state index in [2.05, 4.69) is 97.1 Å². The number of fused-ring (bicyclic) bond motifs is 9. The van der Waals surface area contributed by atoms with E-state index < -0.39 is 0 Å². The van der Waals surface area contributed by atoms with Gasteiger partial charge in [-0.25, -0.2) is 0 Å². The van der Waals surface area contributed by atoms with Crippen LogP contribution in [0.4, 0.5) is 0 Å². The van der Waals surface area contributed by atoms with E-state index in [1.165, 1.54) is 53.9 Å². The van der Waals surface area contributed by atoms with E-state index in [4.69, 9.17) is 0 Å². The lowest BCUT2D eigenvalue weighted by Gasteiger charge is -2.12. The quantitative estimate of drug-likeness (QED) is 0.254. The van der Waals surface area contributed by atoms with Crippen molar-refractivity contribution < 1.29 is 0 Å². The van der Waals surface area contributed by atoms with Gasteiger partial charge >= 0.3 is 0 Å².